The standard InChI is InChI=1S/C23H28N6O4S/c30-29(31)21-17-19(34(32,33)27-12-4-1-2-5-13-27)8-9-20(21)26-15-10-18(11-16-26)23-25-24-22-7-3-6-14-28(22)23/h3,6-9,14,17-18H,1-2,4-5,10-13,15-16H2. The highest BCUT2D eigenvalue weighted by atomic mass is 32.2. The Morgan fingerprint density at radius 1 is 0.941 bits per heavy atom. The summed E-state index contributed by atoms with van der Waals surface area (Å²) in [6, 6.07) is 10.1. The molecule has 5 rings (SSSR count). The monoisotopic (exact) mass is 484 g/mol. The molecule has 2 aromatic heterocycles. The van der Waals surface area contributed by atoms with Crippen LogP contribution in [0.25, 0.3) is 5.65 Å². The molecule has 4 heterocycles. The fraction of sp³-hybridized carbons (Fsp3) is 0.478. The zero-order chi connectivity index (χ0) is 23.7. The molecule has 2 aliphatic heterocycles. The van der Waals surface area contributed by atoms with Crippen molar-refractivity contribution in [1.29, 1.82) is 0 Å². The van der Waals surface area contributed by atoms with Gasteiger partial charge in [0.15, 0.2) is 5.65 Å². The van der Waals surface area contributed by atoms with Gasteiger partial charge in [-0.3, -0.25) is 14.5 Å². The average Bonchev–Trinajstić information content (AvgIpc) is 3.08. The van der Waals surface area contributed by atoms with E-state index in [2.05, 4.69) is 10.2 Å². The molecule has 0 unspecified atom stereocenters. The van der Waals surface area contributed by atoms with Crippen LogP contribution in [-0.4, -0.2) is 58.4 Å². The van der Waals surface area contributed by atoms with Gasteiger partial charge < -0.3 is 4.90 Å². The third-order valence-corrected chi connectivity index (χ3v) is 8.78. The normalized spacial score (nSPS) is 18.8. The van der Waals surface area contributed by atoms with Gasteiger partial charge in [0.1, 0.15) is 11.5 Å². The minimum atomic E-state index is -3.76. The van der Waals surface area contributed by atoms with Crippen LogP contribution in [0.15, 0.2) is 47.5 Å². The Morgan fingerprint density at radius 3 is 2.38 bits per heavy atom. The first-order chi connectivity index (χ1) is 16.4. The summed E-state index contributed by atoms with van der Waals surface area (Å²) < 4.78 is 29.8. The van der Waals surface area contributed by atoms with E-state index >= 15 is 0 Å². The summed E-state index contributed by atoms with van der Waals surface area (Å²) in [7, 11) is -3.76. The van der Waals surface area contributed by atoms with E-state index in [-0.39, 0.29) is 16.5 Å². The number of rotatable bonds is 5. The molecule has 180 valence electrons. The van der Waals surface area contributed by atoms with Gasteiger partial charge in [0.25, 0.3) is 5.69 Å². The Kier molecular flexibility index (Phi) is 6.22. The van der Waals surface area contributed by atoms with Gasteiger partial charge in [0, 0.05) is 44.4 Å². The molecular formula is C23H28N6O4S. The van der Waals surface area contributed by atoms with Crippen LogP contribution in [0.2, 0.25) is 0 Å². The molecule has 0 radical (unpaired) electrons. The number of nitro benzene ring substituents is 1. The predicted molar refractivity (Wildman–Crippen MR) is 127 cm³/mol. The molecule has 10 nitrogen and oxygen atoms in total. The summed E-state index contributed by atoms with van der Waals surface area (Å²) in [5.74, 6) is 1.11. The van der Waals surface area contributed by atoms with Crippen LogP contribution in [0.1, 0.15) is 50.3 Å². The van der Waals surface area contributed by atoms with Gasteiger partial charge >= 0.3 is 0 Å². The topological polar surface area (TPSA) is 114 Å². The molecule has 0 bridgehead atoms. The van der Waals surface area contributed by atoms with Crippen molar-refractivity contribution in [3.05, 3.63) is 58.5 Å². The van der Waals surface area contributed by atoms with Crippen molar-refractivity contribution in [3.8, 4) is 0 Å². The Morgan fingerprint density at radius 2 is 1.68 bits per heavy atom. The van der Waals surface area contributed by atoms with E-state index < -0.39 is 14.9 Å². The van der Waals surface area contributed by atoms with Gasteiger partial charge in [-0.2, -0.15) is 4.31 Å². The molecule has 2 aliphatic rings. The smallest absolute Gasteiger partial charge is 0.293 e. The maximum Gasteiger partial charge on any atom is 0.293 e. The van der Waals surface area contributed by atoms with Crippen LogP contribution in [0.3, 0.4) is 0 Å². The van der Waals surface area contributed by atoms with Gasteiger partial charge in [-0.05, 0) is 49.9 Å². The van der Waals surface area contributed by atoms with Gasteiger partial charge in [0.2, 0.25) is 10.0 Å². The van der Waals surface area contributed by atoms with Crippen molar-refractivity contribution >= 4 is 27.0 Å². The first-order valence-corrected chi connectivity index (χ1v) is 13.2. The van der Waals surface area contributed by atoms with E-state index in [0.29, 0.717) is 31.9 Å². The molecule has 0 aliphatic carbocycles. The SMILES string of the molecule is O=[N+]([O-])c1cc(S(=O)(=O)N2CCCCCC2)ccc1N1CCC(c2nnc3ccccn23)CC1. The quantitative estimate of drug-likeness (QED) is 0.402. The number of hydrogen-bond donors (Lipinski definition) is 0. The number of sulfonamides is 1. The summed E-state index contributed by atoms with van der Waals surface area (Å²) >= 11 is 0. The molecule has 34 heavy (non-hydrogen) atoms. The summed E-state index contributed by atoms with van der Waals surface area (Å²) in [6.07, 6.45) is 7.15. The Labute approximate surface area is 198 Å². The minimum absolute atomic E-state index is 0.00494. The van der Waals surface area contributed by atoms with Crippen LogP contribution in [0, 0.1) is 10.1 Å². The van der Waals surface area contributed by atoms with Crippen LogP contribution < -0.4 is 4.90 Å². The number of pyridine rings is 1. The number of anilines is 1. The first kappa shape index (κ1) is 22.7. The number of piperidine rings is 1. The summed E-state index contributed by atoms with van der Waals surface area (Å²) in [4.78, 5) is 13.4. The third-order valence-electron chi connectivity index (χ3n) is 6.89. The number of benzene rings is 1. The molecule has 2 saturated heterocycles. The van der Waals surface area contributed by atoms with Crippen molar-refractivity contribution in [2.45, 2.75) is 49.3 Å². The summed E-state index contributed by atoms with van der Waals surface area (Å²) in [5.41, 5.74) is 1.10. The third kappa shape index (κ3) is 4.25. The van der Waals surface area contributed by atoms with E-state index in [4.69, 9.17) is 0 Å². The van der Waals surface area contributed by atoms with Crippen molar-refractivity contribution < 1.29 is 13.3 Å². The maximum atomic E-state index is 13.2. The van der Waals surface area contributed by atoms with Crippen molar-refractivity contribution in [1.82, 2.24) is 18.9 Å². The van der Waals surface area contributed by atoms with Gasteiger partial charge in [-0.25, -0.2) is 8.42 Å². The van der Waals surface area contributed by atoms with Gasteiger partial charge in [-0.15, -0.1) is 10.2 Å². The largest absolute Gasteiger partial charge is 0.366 e. The van der Waals surface area contributed by atoms with Crippen molar-refractivity contribution in [3.63, 3.8) is 0 Å². The van der Waals surface area contributed by atoms with Crippen molar-refractivity contribution in [2.75, 3.05) is 31.1 Å². The number of nitrogens with zero attached hydrogens (tertiary/aromatic N) is 6. The summed E-state index contributed by atoms with van der Waals surface area (Å²) in [5, 5.41) is 20.5. The van der Waals surface area contributed by atoms with Gasteiger partial charge in [0.05, 0.1) is 9.82 Å². The molecule has 0 spiro atoms. The lowest BCUT2D eigenvalue weighted by Crippen LogP contribution is -2.34. The molecule has 2 fully saturated rings. The Bertz CT molecular complexity index is 1290. The van der Waals surface area contributed by atoms with E-state index in [1.165, 1.54) is 16.4 Å². The highest BCUT2D eigenvalue weighted by molar-refractivity contribution is 7.89. The van der Waals surface area contributed by atoms with Crippen LogP contribution >= 0.6 is 0 Å². The van der Waals surface area contributed by atoms with E-state index in [1.54, 1.807) is 6.07 Å². The number of fused-ring (bicyclic) bond motifs is 1. The van der Waals surface area contributed by atoms with Gasteiger partial charge in [-0.1, -0.05) is 18.9 Å². The number of hydrogen-bond acceptors (Lipinski definition) is 7. The highest BCUT2D eigenvalue weighted by Gasteiger charge is 2.31. The zero-order valence-electron chi connectivity index (χ0n) is 18.9. The highest BCUT2D eigenvalue weighted by Crippen LogP contribution is 2.36. The molecule has 1 aromatic carbocycles. The minimum Gasteiger partial charge on any atom is -0.366 e. The predicted octanol–water partition coefficient (Wildman–Crippen LogP) is 3.59. The molecule has 0 N–H and O–H groups in total. The second-order valence-electron chi connectivity index (χ2n) is 8.97. The van der Waals surface area contributed by atoms with E-state index in [9.17, 15) is 18.5 Å². The fourth-order valence-electron chi connectivity index (χ4n) is 5.03. The van der Waals surface area contributed by atoms with Crippen molar-refractivity contribution in [2.24, 2.45) is 0 Å². The second-order valence-corrected chi connectivity index (χ2v) is 10.9. The van der Waals surface area contributed by atoms with Crippen LogP contribution in [-0.2, 0) is 10.0 Å². The first-order valence-electron chi connectivity index (χ1n) is 11.8. The Balaban J connectivity index is 1.36. The molecular weight excluding hydrogens is 456 g/mol. The molecule has 0 saturated carbocycles. The number of nitro groups is 1. The van der Waals surface area contributed by atoms with E-state index in [0.717, 1.165) is 50.0 Å². The van der Waals surface area contributed by atoms with Crippen LogP contribution in [0.5, 0.6) is 0 Å². The molecule has 0 atom stereocenters. The lowest BCUT2D eigenvalue weighted by molar-refractivity contribution is -0.384. The Hall–Kier alpha value is -3.05. The summed E-state index contributed by atoms with van der Waals surface area (Å²) in [6.45, 7) is 2.16. The lowest BCUT2D eigenvalue weighted by atomic mass is 9.95. The maximum absolute atomic E-state index is 13.2. The average molecular weight is 485 g/mol. The molecule has 3 aromatic rings. The zero-order valence-corrected chi connectivity index (χ0v) is 19.7. The molecule has 0 amide bonds. The van der Waals surface area contributed by atoms with E-state index in [1.807, 2.05) is 33.7 Å². The number of aromatic nitrogens is 3. The fourth-order valence-corrected chi connectivity index (χ4v) is 6.56. The molecule has 11 heteroatoms. The second kappa shape index (κ2) is 9.30. The van der Waals surface area contributed by atoms with Crippen LogP contribution in [0.4, 0.5) is 11.4 Å². The lowest BCUT2D eigenvalue weighted by Gasteiger charge is -2.32.